The minimum Gasteiger partial charge on any atom is -0.452 e. The van der Waals surface area contributed by atoms with Crippen LogP contribution in [0.1, 0.15) is 12.5 Å². The third-order valence-corrected chi connectivity index (χ3v) is 3.95. The van der Waals surface area contributed by atoms with Gasteiger partial charge in [-0.2, -0.15) is 0 Å². The molecule has 7 nitrogen and oxygen atoms in total. The summed E-state index contributed by atoms with van der Waals surface area (Å²) in [4.78, 5) is 34.5. The molecule has 0 spiro atoms. The van der Waals surface area contributed by atoms with Crippen molar-refractivity contribution < 1.29 is 19.2 Å². The van der Waals surface area contributed by atoms with Crippen LogP contribution in [-0.4, -0.2) is 22.9 Å². The molecule has 0 aliphatic carbocycles. The molecule has 2 aromatic carbocycles. The van der Waals surface area contributed by atoms with Crippen LogP contribution in [0.3, 0.4) is 0 Å². The minimum absolute atomic E-state index is 0.188. The van der Waals surface area contributed by atoms with Crippen molar-refractivity contribution >= 4 is 46.5 Å². The quantitative estimate of drug-likeness (QED) is 0.451. The van der Waals surface area contributed by atoms with Crippen molar-refractivity contribution in [1.82, 2.24) is 0 Å². The molecule has 0 heterocycles. The summed E-state index contributed by atoms with van der Waals surface area (Å²) in [7, 11) is 0. The number of halogens is 2. The highest BCUT2D eigenvalue weighted by Crippen LogP contribution is 2.25. The number of carbonyl (C=O) groups excluding carboxylic acids is 2. The van der Waals surface area contributed by atoms with Crippen LogP contribution in [0.4, 0.5) is 11.4 Å². The number of carbonyl (C=O) groups is 2. The van der Waals surface area contributed by atoms with E-state index in [1.54, 1.807) is 12.1 Å². The maximum absolute atomic E-state index is 12.1. The Morgan fingerprint density at radius 3 is 2.62 bits per heavy atom. The predicted molar refractivity (Wildman–Crippen MR) is 97.4 cm³/mol. The van der Waals surface area contributed by atoms with E-state index in [1.807, 2.05) is 0 Å². The molecular formula is C17H14Cl2N2O5. The van der Waals surface area contributed by atoms with Gasteiger partial charge in [-0.1, -0.05) is 41.4 Å². The number of amides is 1. The normalized spacial score (nSPS) is 11.5. The second-order valence-corrected chi connectivity index (χ2v) is 6.15. The Morgan fingerprint density at radius 1 is 1.23 bits per heavy atom. The van der Waals surface area contributed by atoms with Gasteiger partial charge in [0.15, 0.2) is 6.10 Å². The van der Waals surface area contributed by atoms with E-state index >= 15 is 0 Å². The highest BCUT2D eigenvalue weighted by atomic mass is 35.5. The third-order valence-electron chi connectivity index (χ3n) is 3.39. The van der Waals surface area contributed by atoms with Crippen molar-refractivity contribution in [3.05, 3.63) is 68.2 Å². The van der Waals surface area contributed by atoms with Crippen molar-refractivity contribution in [2.45, 2.75) is 19.4 Å². The topological polar surface area (TPSA) is 98.5 Å². The molecule has 136 valence electrons. The molecule has 1 atom stereocenters. The van der Waals surface area contributed by atoms with E-state index in [9.17, 15) is 19.7 Å². The number of para-hydroxylation sites is 1. The first kappa shape index (κ1) is 19.7. The molecule has 2 rings (SSSR count). The van der Waals surface area contributed by atoms with E-state index in [0.29, 0.717) is 5.02 Å². The standard InChI is InChI=1S/C17H14Cl2N2O5/c1-10(17(23)20-14-9-12(18)6-7-13(14)19)26-16(22)8-11-4-2-3-5-15(11)21(24)25/h2-7,9-10H,8H2,1H3,(H,20,23). The number of anilines is 1. The molecule has 1 unspecified atom stereocenters. The monoisotopic (exact) mass is 396 g/mol. The predicted octanol–water partition coefficient (Wildman–Crippen LogP) is 4.01. The number of ether oxygens (including phenoxy) is 1. The van der Waals surface area contributed by atoms with Crippen LogP contribution in [0.25, 0.3) is 0 Å². The van der Waals surface area contributed by atoms with Crippen molar-refractivity contribution in [2.24, 2.45) is 0 Å². The Morgan fingerprint density at radius 2 is 1.92 bits per heavy atom. The summed E-state index contributed by atoms with van der Waals surface area (Å²) >= 11 is 11.8. The van der Waals surface area contributed by atoms with Crippen LogP contribution in [0.15, 0.2) is 42.5 Å². The molecule has 2 aromatic rings. The van der Waals surface area contributed by atoms with Crippen LogP contribution >= 0.6 is 23.2 Å². The molecule has 0 fully saturated rings. The van der Waals surface area contributed by atoms with Gasteiger partial charge in [0.05, 0.1) is 22.1 Å². The molecule has 0 saturated heterocycles. The van der Waals surface area contributed by atoms with Crippen molar-refractivity contribution in [1.29, 1.82) is 0 Å². The van der Waals surface area contributed by atoms with Crippen LogP contribution in [0.5, 0.6) is 0 Å². The zero-order chi connectivity index (χ0) is 19.3. The number of esters is 1. The average molecular weight is 397 g/mol. The fourth-order valence-electron chi connectivity index (χ4n) is 2.11. The maximum Gasteiger partial charge on any atom is 0.311 e. The lowest BCUT2D eigenvalue weighted by Crippen LogP contribution is -2.30. The van der Waals surface area contributed by atoms with E-state index in [2.05, 4.69) is 5.32 Å². The van der Waals surface area contributed by atoms with E-state index in [1.165, 1.54) is 37.3 Å². The van der Waals surface area contributed by atoms with E-state index in [4.69, 9.17) is 27.9 Å². The summed E-state index contributed by atoms with van der Waals surface area (Å²) in [6, 6.07) is 10.4. The van der Waals surface area contributed by atoms with Gasteiger partial charge >= 0.3 is 5.97 Å². The number of nitrogens with one attached hydrogen (secondary N) is 1. The Kier molecular flexibility index (Phi) is 6.54. The van der Waals surface area contributed by atoms with E-state index in [-0.39, 0.29) is 28.4 Å². The van der Waals surface area contributed by atoms with Gasteiger partial charge in [-0.25, -0.2) is 0 Å². The summed E-state index contributed by atoms with van der Waals surface area (Å²) in [6.07, 6.45) is -1.45. The molecular weight excluding hydrogens is 383 g/mol. The summed E-state index contributed by atoms with van der Waals surface area (Å²) < 4.78 is 5.04. The first-order valence-electron chi connectivity index (χ1n) is 7.45. The van der Waals surface area contributed by atoms with Crippen LogP contribution in [0, 0.1) is 10.1 Å². The number of benzene rings is 2. The molecule has 1 N–H and O–H groups in total. The maximum atomic E-state index is 12.1. The van der Waals surface area contributed by atoms with Crippen molar-refractivity contribution in [3.8, 4) is 0 Å². The fourth-order valence-corrected chi connectivity index (χ4v) is 2.45. The largest absolute Gasteiger partial charge is 0.452 e. The minimum atomic E-state index is -1.12. The van der Waals surface area contributed by atoms with Gasteiger partial charge < -0.3 is 10.1 Å². The Labute approximate surface area is 159 Å². The second-order valence-electron chi connectivity index (χ2n) is 5.31. The Hall–Kier alpha value is -2.64. The van der Waals surface area contributed by atoms with Crippen LogP contribution in [0.2, 0.25) is 10.0 Å². The zero-order valence-electron chi connectivity index (χ0n) is 13.6. The fraction of sp³-hybridized carbons (Fsp3) is 0.176. The molecule has 9 heteroatoms. The highest BCUT2D eigenvalue weighted by Gasteiger charge is 2.21. The number of hydrogen-bond donors (Lipinski definition) is 1. The molecule has 26 heavy (non-hydrogen) atoms. The van der Waals surface area contributed by atoms with Gasteiger partial charge in [-0.3, -0.25) is 19.7 Å². The van der Waals surface area contributed by atoms with Crippen LogP contribution < -0.4 is 5.32 Å². The lowest BCUT2D eigenvalue weighted by atomic mass is 10.1. The second kappa shape index (κ2) is 8.64. The SMILES string of the molecule is CC(OC(=O)Cc1ccccc1[N+](=O)[O-])C(=O)Nc1cc(Cl)ccc1Cl. The molecule has 0 radical (unpaired) electrons. The highest BCUT2D eigenvalue weighted by molar-refractivity contribution is 6.35. The van der Waals surface area contributed by atoms with Gasteiger partial charge in [0, 0.05) is 16.7 Å². The number of hydrogen-bond acceptors (Lipinski definition) is 5. The first-order chi connectivity index (χ1) is 12.3. The van der Waals surface area contributed by atoms with Gasteiger partial charge in [0.2, 0.25) is 0 Å². The lowest BCUT2D eigenvalue weighted by molar-refractivity contribution is -0.385. The van der Waals surface area contributed by atoms with Gasteiger partial charge in [-0.05, 0) is 25.1 Å². The smallest absolute Gasteiger partial charge is 0.311 e. The number of nitro benzene ring substituents is 1. The molecule has 0 saturated carbocycles. The number of rotatable bonds is 6. The van der Waals surface area contributed by atoms with Gasteiger partial charge in [0.25, 0.3) is 11.6 Å². The summed E-state index contributed by atoms with van der Waals surface area (Å²) in [6.45, 7) is 1.38. The molecule has 0 aliphatic rings. The third kappa shape index (κ3) is 5.18. The number of nitrogens with zero attached hydrogens (tertiary/aromatic N) is 1. The zero-order valence-corrected chi connectivity index (χ0v) is 15.1. The van der Waals surface area contributed by atoms with Crippen molar-refractivity contribution in [3.63, 3.8) is 0 Å². The summed E-state index contributed by atoms with van der Waals surface area (Å²) in [5.74, 6) is -1.37. The van der Waals surface area contributed by atoms with Gasteiger partial charge in [-0.15, -0.1) is 0 Å². The molecule has 0 aliphatic heterocycles. The van der Waals surface area contributed by atoms with Gasteiger partial charge in [0.1, 0.15) is 0 Å². The van der Waals surface area contributed by atoms with Crippen LogP contribution in [-0.2, 0) is 20.7 Å². The number of nitro groups is 1. The summed E-state index contributed by atoms with van der Waals surface area (Å²) in [5, 5.41) is 14.1. The molecule has 0 aromatic heterocycles. The van der Waals surface area contributed by atoms with E-state index < -0.39 is 22.9 Å². The summed E-state index contributed by atoms with van der Waals surface area (Å²) in [5.41, 5.74) is 0.297. The Bertz CT molecular complexity index is 857. The molecule has 0 bridgehead atoms. The lowest BCUT2D eigenvalue weighted by Gasteiger charge is -2.14. The van der Waals surface area contributed by atoms with Crippen molar-refractivity contribution in [2.75, 3.05) is 5.32 Å². The van der Waals surface area contributed by atoms with E-state index in [0.717, 1.165) is 0 Å². The first-order valence-corrected chi connectivity index (χ1v) is 8.21. The Balaban J connectivity index is 1.99. The molecule has 1 amide bonds. The average Bonchev–Trinajstić information content (AvgIpc) is 2.58.